The van der Waals surface area contributed by atoms with Crippen molar-refractivity contribution in [2.75, 3.05) is 7.11 Å². The maximum atomic E-state index is 13.8. The van der Waals surface area contributed by atoms with E-state index >= 15 is 0 Å². The van der Waals surface area contributed by atoms with Gasteiger partial charge in [-0.25, -0.2) is 9.18 Å². The monoisotopic (exact) mass is 357 g/mol. The Balaban J connectivity index is 1.78. The first kappa shape index (κ1) is 17.7. The first-order chi connectivity index (χ1) is 12.4. The molecule has 0 saturated carbocycles. The molecule has 1 aromatic heterocycles. The molecule has 0 unspecified atom stereocenters. The van der Waals surface area contributed by atoms with Crippen LogP contribution in [0.15, 0.2) is 47.3 Å². The minimum absolute atomic E-state index is 0.108. The molecule has 1 amide bonds. The normalized spacial score (nSPS) is 12.2. The molecule has 136 valence electrons. The van der Waals surface area contributed by atoms with Gasteiger partial charge in [-0.3, -0.25) is 13.9 Å². The highest BCUT2D eigenvalue weighted by molar-refractivity contribution is 5.81. The Morgan fingerprint density at radius 3 is 2.58 bits per heavy atom. The van der Waals surface area contributed by atoms with E-state index in [2.05, 4.69) is 5.32 Å². The predicted molar refractivity (Wildman–Crippen MR) is 96.7 cm³/mol. The summed E-state index contributed by atoms with van der Waals surface area (Å²) in [6.07, 6.45) is 0. The van der Waals surface area contributed by atoms with E-state index in [1.165, 1.54) is 28.4 Å². The molecule has 0 fully saturated rings. The number of methoxy groups -OCH3 is 1. The van der Waals surface area contributed by atoms with Gasteiger partial charge in [-0.2, -0.15) is 0 Å². The fourth-order valence-corrected chi connectivity index (χ4v) is 2.98. The number of carbonyl (C=O) groups excluding carboxylic acids is 1. The van der Waals surface area contributed by atoms with E-state index in [0.29, 0.717) is 11.1 Å². The van der Waals surface area contributed by atoms with Crippen LogP contribution in [0.3, 0.4) is 0 Å². The molecule has 2 aromatic carbocycles. The van der Waals surface area contributed by atoms with Crippen LogP contribution in [-0.2, 0) is 18.4 Å². The van der Waals surface area contributed by atoms with Crippen LogP contribution in [0.1, 0.15) is 18.5 Å². The lowest BCUT2D eigenvalue weighted by Crippen LogP contribution is -2.34. The molecule has 0 saturated heterocycles. The van der Waals surface area contributed by atoms with E-state index in [1.54, 1.807) is 26.1 Å². The Morgan fingerprint density at radius 2 is 1.92 bits per heavy atom. The number of amides is 1. The Bertz CT molecular complexity index is 1020. The van der Waals surface area contributed by atoms with Gasteiger partial charge in [-0.15, -0.1) is 0 Å². The van der Waals surface area contributed by atoms with Gasteiger partial charge in [0.25, 0.3) is 0 Å². The number of nitrogens with zero attached hydrogens (tertiary/aromatic N) is 2. The molecule has 0 bridgehead atoms. The highest BCUT2D eigenvalue weighted by Crippen LogP contribution is 2.21. The van der Waals surface area contributed by atoms with E-state index < -0.39 is 11.9 Å². The summed E-state index contributed by atoms with van der Waals surface area (Å²) in [5, 5.41) is 2.80. The Morgan fingerprint density at radius 1 is 1.23 bits per heavy atom. The second-order valence-corrected chi connectivity index (χ2v) is 6.10. The van der Waals surface area contributed by atoms with Gasteiger partial charge in [0, 0.05) is 7.05 Å². The summed E-state index contributed by atoms with van der Waals surface area (Å²) < 4.78 is 21.7. The first-order valence-corrected chi connectivity index (χ1v) is 8.19. The summed E-state index contributed by atoms with van der Waals surface area (Å²) in [6.45, 7) is 1.65. The Hall–Kier alpha value is -3.09. The molecule has 1 N–H and O–H groups in total. The molecule has 1 heterocycles. The van der Waals surface area contributed by atoms with Crippen LogP contribution in [0.4, 0.5) is 4.39 Å². The zero-order valence-corrected chi connectivity index (χ0v) is 14.8. The Kier molecular flexibility index (Phi) is 4.79. The number of halogens is 1. The second-order valence-electron chi connectivity index (χ2n) is 6.10. The van der Waals surface area contributed by atoms with Gasteiger partial charge in [0.1, 0.15) is 6.54 Å². The van der Waals surface area contributed by atoms with E-state index in [-0.39, 0.29) is 23.9 Å². The molecular formula is C19H20FN3O3. The lowest BCUT2D eigenvalue weighted by atomic mass is 10.1. The number of hydrogen-bond donors (Lipinski definition) is 1. The van der Waals surface area contributed by atoms with E-state index in [9.17, 15) is 14.0 Å². The third kappa shape index (κ3) is 3.20. The van der Waals surface area contributed by atoms with Crippen LogP contribution in [-0.4, -0.2) is 22.2 Å². The van der Waals surface area contributed by atoms with Crippen molar-refractivity contribution in [3.8, 4) is 5.75 Å². The standard InChI is InChI=1S/C19H20FN3O3/c1-12(13-8-9-17(26-3)14(20)10-13)21-18(24)11-23-16-7-5-4-6-15(16)22(2)19(23)25/h4-10,12H,11H2,1-3H3,(H,21,24)/t12-/m1/s1. The van der Waals surface area contributed by atoms with Gasteiger partial charge >= 0.3 is 5.69 Å². The average Bonchev–Trinajstić information content (AvgIpc) is 2.87. The molecule has 0 aliphatic heterocycles. The highest BCUT2D eigenvalue weighted by Gasteiger charge is 2.16. The van der Waals surface area contributed by atoms with Crippen LogP contribution in [0.2, 0.25) is 0 Å². The summed E-state index contributed by atoms with van der Waals surface area (Å²) in [6, 6.07) is 11.4. The van der Waals surface area contributed by atoms with Crippen LogP contribution in [0, 0.1) is 5.82 Å². The Labute approximate surface area is 149 Å². The van der Waals surface area contributed by atoms with Crippen molar-refractivity contribution in [3.05, 3.63) is 64.3 Å². The molecular weight excluding hydrogens is 337 g/mol. The van der Waals surface area contributed by atoms with Crippen LogP contribution >= 0.6 is 0 Å². The van der Waals surface area contributed by atoms with Crippen molar-refractivity contribution in [2.45, 2.75) is 19.5 Å². The summed E-state index contributed by atoms with van der Waals surface area (Å²) in [5.74, 6) is -0.668. The minimum atomic E-state index is -0.489. The number of ether oxygens (including phenoxy) is 1. The summed E-state index contributed by atoms with van der Waals surface area (Å²) >= 11 is 0. The van der Waals surface area contributed by atoms with E-state index in [4.69, 9.17) is 4.74 Å². The number of carbonyl (C=O) groups is 1. The molecule has 0 spiro atoms. The van der Waals surface area contributed by atoms with Crippen molar-refractivity contribution in [1.82, 2.24) is 14.5 Å². The molecule has 0 radical (unpaired) electrons. The number of aryl methyl sites for hydroxylation is 1. The van der Waals surface area contributed by atoms with E-state index in [1.807, 2.05) is 18.2 Å². The molecule has 0 aliphatic rings. The molecule has 26 heavy (non-hydrogen) atoms. The largest absolute Gasteiger partial charge is 0.494 e. The first-order valence-electron chi connectivity index (χ1n) is 8.19. The number of nitrogens with one attached hydrogen (secondary N) is 1. The lowest BCUT2D eigenvalue weighted by molar-refractivity contribution is -0.122. The molecule has 3 rings (SSSR count). The molecule has 0 aliphatic carbocycles. The van der Waals surface area contributed by atoms with Crippen molar-refractivity contribution in [2.24, 2.45) is 7.05 Å². The number of imidazole rings is 1. The third-order valence-electron chi connectivity index (χ3n) is 4.41. The molecule has 6 nitrogen and oxygen atoms in total. The summed E-state index contributed by atoms with van der Waals surface area (Å²) in [4.78, 5) is 24.8. The topological polar surface area (TPSA) is 65.3 Å². The third-order valence-corrected chi connectivity index (χ3v) is 4.41. The number of hydrogen-bond acceptors (Lipinski definition) is 3. The average molecular weight is 357 g/mol. The fourth-order valence-electron chi connectivity index (χ4n) is 2.98. The summed E-state index contributed by atoms with van der Waals surface area (Å²) in [5.41, 5.74) is 1.81. The fraction of sp³-hybridized carbons (Fsp3) is 0.263. The lowest BCUT2D eigenvalue weighted by Gasteiger charge is -2.15. The number of rotatable bonds is 5. The van der Waals surface area contributed by atoms with Crippen molar-refractivity contribution < 1.29 is 13.9 Å². The number of benzene rings is 2. The highest BCUT2D eigenvalue weighted by atomic mass is 19.1. The van der Waals surface area contributed by atoms with Gasteiger partial charge in [0.05, 0.1) is 24.2 Å². The number of para-hydroxylation sites is 2. The minimum Gasteiger partial charge on any atom is -0.494 e. The SMILES string of the molecule is COc1ccc([C@@H](C)NC(=O)Cn2c(=O)n(C)c3ccccc32)cc1F. The van der Waals surface area contributed by atoms with E-state index in [0.717, 1.165) is 5.52 Å². The van der Waals surface area contributed by atoms with Crippen molar-refractivity contribution in [3.63, 3.8) is 0 Å². The molecule has 7 heteroatoms. The maximum absolute atomic E-state index is 13.8. The van der Waals surface area contributed by atoms with Gasteiger partial charge < -0.3 is 10.1 Å². The second kappa shape index (κ2) is 7.03. The summed E-state index contributed by atoms with van der Waals surface area (Å²) in [7, 11) is 3.06. The molecule has 3 aromatic rings. The zero-order chi connectivity index (χ0) is 18.8. The predicted octanol–water partition coefficient (Wildman–Crippen LogP) is 2.37. The number of fused-ring (bicyclic) bond motifs is 1. The van der Waals surface area contributed by atoms with Crippen molar-refractivity contribution in [1.29, 1.82) is 0 Å². The van der Waals surface area contributed by atoms with Crippen molar-refractivity contribution >= 4 is 16.9 Å². The van der Waals surface area contributed by atoms with Gasteiger partial charge in [0.2, 0.25) is 5.91 Å². The molecule has 1 atom stereocenters. The number of aromatic nitrogens is 2. The zero-order valence-electron chi connectivity index (χ0n) is 14.8. The van der Waals surface area contributed by atoms with Crippen LogP contribution in [0.25, 0.3) is 11.0 Å². The van der Waals surface area contributed by atoms with Gasteiger partial charge in [-0.1, -0.05) is 18.2 Å². The van der Waals surface area contributed by atoms with Crippen LogP contribution in [0.5, 0.6) is 5.75 Å². The quantitative estimate of drug-likeness (QED) is 0.762. The smallest absolute Gasteiger partial charge is 0.329 e. The van der Waals surface area contributed by atoms with Gasteiger partial charge in [0.15, 0.2) is 11.6 Å². The van der Waals surface area contributed by atoms with Gasteiger partial charge in [-0.05, 0) is 36.8 Å². The van der Waals surface area contributed by atoms with Crippen LogP contribution < -0.4 is 15.7 Å². The maximum Gasteiger partial charge on any atom is 0.329 e.